The molecule has 0 bridgehead atoms. The van der Waals surface area contributed by atoms with Crippen molar-refractivity contribution in [1.82, 2.24) is 9.55 Å². The van der Waals surface area contributed by atoms with Crippen LogP contribution in [0.5, 0.6) is 5.75 Å². The number of halogens is 1. The largest absolute Gasteiger partial charge is 0.514 e. The van der Waals surface area contributed by atoms with Crippen LogP contribution >= 0.6 is 12.2 Å². The Kier molecular flexibility index (Phi) is 4.80. The summed E-state index contributed by atoms with van der Waals surface area (Å²) in [6.45, 7) is -0.916. The van der Waals surface area contributed by atoms with E-state index in [0.29, 0.717) is 0 Å². The number of benzene rings is 1. The molecule has 0 unspecified atom stereocenters. The average Bonchev–Trinajstić information content (AvgIpc) is 3.19. The number of fused-ring (bicyclic) bond motifs is 1. The van der Waals surface area contributed by atoms with Crippen molar-refractivity contribution in [1.29, 1.82) is 0 Å². The Hall–Kier alpha value is -3.25. The Morgan fingerprint density at radius 1 is 1.24 bits per heavy atom. The summed E-state index contributed by atoms with van der Waals surface area (Å²) in [5, 5.41) is -0.348. The molecule has 0 saturated carbocycles. The second-order valence-electron chi connectivity index (χ2n) is 6.14. The molecule has 1 aromatic heterocycles. The van der Waals surface area contributed by atoms with Crippen molar-refractivity contribution in [2.45, 2.75) is 24.3 Å². The lowest BCUT2D eigenvalue weighted by molar-refractivity contribution is -0.209. The smallest absolute Gasteiger partial charge is 0.444 e. The van der Waals surface area contributed by atoms with Crippen molar-refractivity contribution in [3.63, 3.8) is 0 Å². The van der Waals surface area contributed by atoms with E-state index < -0.39 is 48.3 Å². The first-order valence-electron chi connectivity index (χ1n) is 8.31. The summed E-state index contributed by atoms with van der Waals surface area (Å²) in [5.41, 5.74) is -1.49. The van der Waals surface area contributed by atoms with Gasteiger partial charge < -0.3 is 23.7 Å². The summed E-state index contributed by atoms with van der Waals surface area (Å²) in [7, 11) is 0. The fourth-order valence-corrected chi connectivity index (χ4v) is 3.19. The molecule has 12 heteroatoms. The third-order valence-electron chi connectivity index (χ3n) is 4.23. The monoisotopic (exact) mass is 424 g/mol. The maximum Gasteiger partial charge on any atom is 0.514 e. The Morgan fingerprint density at radius 2 is 2.00 bits per heavy atom. The number of hydrogen-bond donors (Lipinski definition) is 1. The third-order valence-corrected chi connectivity index (χ3v) is 4.43. The maximum atomic E-state index is 15.5. The van der Waals surface area contributed by atoms with Gasteiger partial charge in [0, 0.05) is 24.5 Å². The SMILES string of the molecule is O=C(OC[C@@]1(F)O[C@@H](n2ccc(=O)[nH]c2=O)[C@@H]2OC(=S)O[C@@H]21)Oc1ccccc1. The lowest BCUT2D eigenvalue weighted by Gasteiger charge is -2.23. The summed E-state index contributed by atoms with van der Waals surface area (Å²) >= 11 is 4.81. The fraction of sp³-hybridized carbons (Fsp3) is 0.294. The Morgan fingerprint density at radius 3 is 2.72 bits per heavy atom. The number of carbonyl (C=O) groups excluding carboxylic acids is 1. The van der Waals surface area contributed by atoms with Crippen molar-refractivity contribution >= 4 is 23.6 Å². The number of thiocarbonyl (C=S) groups is 1. The summed E-state index contributed by atoms with van der Waals surface area (Å²) in [6, 6.07) is 9.08. The summed E-state index contributed by atoms with van der Waals surface area (Å²) < 4.78 is 41.9. The van der Waals surface area contributed by atoms with Crippen LogP contribution in [0, 0.1) is 0 Å². The van der Waals surface area contributed by atoms with E-state index in [9.17, 15) is 14.4 Å². The van der Waals surface area contributed by atoms with Gasteiger partial charge in [-0.2, -0.15) is 0 Å². The van der Waals surface area contributed by atoms with Crippen LogP contribution in [0.4, 0.5) is 9.18 Å². The van der Waals surface area contributed by atoms with Gasteiger partial charge in [-0.15, -0.1) is 0 Å². The molecule has 2 aliphatic rings. The molecule has 2 aromatic rings. The van der Waals surface area contributed by atoms with E-state index in [-0.39, 0.29) is 11.0 Å². The van der Waals surface area contributed by atoms with Crippen molar-refractivity contribution < 1.29 is 32.9 Å². The molecule has 2 fully saturated rings. The first-order chi connectivity index (χ1) is 13.9. The second kappa shape index (κ2) is 7.29. The predicted octanol–water partition coefficient (Wildman–Crippen LogP) is 1.02. The maximum absolute atomic E-state index is 15.5. The molecule has 1 aromatic carbocycles. The van der Waals surface area contributed by atoms with Crippen LogP contribution in [-0.2, 0) is 18.9 Å². The van der Waals surface area contributed by atoms with Crippen LogP contribution in [-0.4, -0.2) is 45.6 Å². The van der Waals surface area contributed by atoms with Crippen LogP contribution in [0.15, 0.2) is 52.2 Å². The molecule has 0 amide bonds. The minimum atomic E-state index is -2.69. The number of nitrogens with zero attached hydrogens (tertiary/aromatic N) is 1. The third kappa shape index (κ3) is 3.71. The van der Waals surface area contributed by atoms with Crippen molar-refractivity contribution in [3.05, 3.63) is 63.4 Å². The van der Waals surface area contributed by atoms with E-state index in [1.807, 2.05) is 4.98 Å². The number of aromatic nitrogens is 2. The molecular weight excluding hydrogens is 411 g/mol. The summed E-state index contributed by atoms with van der Waals surface area (Å²) in [5.74, 6) is -2.49. The van der Waals surface area contributed by atoms with E-state index in [2.05, 4.69) is 0 Å². The number of rotatable bonds is 4. The first-order valence-corrected chi connectivity index (χ1v) is 8.72. The topological polar surface area (TPSA) is 118 Å². The lowest BCUT2D eigenvalue weighted by Crippen LogP contribution is -2.43. The van der Waals surface area contributed by atoms with Gasteiger partial charge in [0.05, 0.1) is 0 Å². The molecule has 0 radical (unpaired) electrons. The Bertz CT molecular complexity index is 1060. The van der Waals surface area contributed by atoms with E-state index in [1.54, 1.807) is 18.2 Å². The van der Waals surface area contributed by atoms with Gasteiger partial charge in [-0.05, 0) is 12.1 Å². The molecule has 152 valence electrons. The fourth-order valence-electron chi connectivity index (χ4n) is 2.98. The van der Waals surface area contributed by atoms with Crippen molar-refractivity contribution in [3.8, 4) is 5.75 Å². The van der Waals surface area contributed by atoms with E-state index in [1.165, 1.54) is 12.1 Å². The number of H-pyrrole nitrogens is 1. The predicted molar refractivity (Wildman–Crippen MR) is 96.0 cm³/mol. The summed E-state index contributed by atoms with van der Waals surface area (Å²) in [6.07, 6.45) is -3.94. The van der Waals surface area contributed by atoms with Gasteiger partial charge in [0.2, 0.25) is 6.10 Å². The highest BCUT2D eigenvalue weighted by Crippen LogP contribution is 2.44. The lowest BCUT2D eigenvalue weighted by atomic mass is 10.1. The zero-order valence-corrected chi connectivity index (χ0v) is 15.3. The molecule has 1 N–H and O–H groups in total. The van der Waals surface area contributed by atoms with Crippen LogP contribution in [0.2, 0.25) is 0 Å². The zero-order chi connectivity index (χ0) is 20.6. The number of para-hydroxylation sites is 1. The summed E-state index contributed by atoms with van der Waals surface area (Å²) in [4.78, 5) is 37.2. The number of ether oxygens (including phenoxy) is 5. The minimum Gasteiger partial charge on any atom is -0.444 e. The normalized spacial score (nSPS) is 27.6. The molecule has 0 aliphatic carbocycles. The molecule has 3 heterocycles. The van der Waals surface area contributed by atoms with E-state index in [4.69, 9.17) is 35.9 Å². The molecule has 0 spiro atoms. The van der Waals surface area contributed by atoms with Gasteiger partial charge in [-0.1, -0.05) is 18.2 Å². The quantitative estimate of drug-likeness (QED) is 0.436. The molecule has 10 nitrogen and oxygen atoms in total. The number of alkyl halides is 1. The highest BCUT2D eigenvalue weighted by Gasteiger charge is 2.64. The van der Waals surface area contributed by atoms with Crippen molar-refractivity contribution in [2.75, 3.05) is 6.61 Å². The number of nitrogens with one attached hydrogen (secondary N) is 1. The molecule has 2 aliphatic heterocycles. The molecule has 4 atom stereocenters. The highest BCUT2D eigenvalue weighted by molar-refractivity contribution is 7.79. The number of hydrogen-bond acceptors (Lipinski definition) is 9. The van der Waals surface area contributed by atoms with Crippen molar-refractivity contribution in [2.24, 2.45) is 0 Å². The van der Waals surface area contributed by atoms with Gasteiger partial charge in [-0.25, -0.2) is 14.0 Å². The van der Waals surface area contributed by atoms with E-state index in [0.717, 1.165) is 16.8 Å². The minimum absolute atomic E-state index is 0.204. The second-order valence-corrected chi connectivity index (χ2v) is 6.47. The van der Waals surface area contributed by atoms with Gasteiger partial charge in [0.25, 0.3) is 11.4 Å². The molecule has 4 rings (SSSR count). The highest BCUT2D eigenvalue weighted by atomic mass is 32.1. The van der Waals surface area contributed by atoms with Gasteiger partial charge in [0.15, 0.2) is 18.9 Å². The molecular formula is C17H13FN2O8S. The van der Waals surface area contributed by atoms with Gasteiger partial charge in [0.1, 0.15) is 5.75 Å². The number of aromatic amines is 1. The van der Waals surface area contributed by atoms with Crippen LogP contribution in [0.3, 0.4) is 0 Å². The number of carbonyl (C=O) groups is 1. The van der Waals surface area contributed by atoms with Crippen LogP contribution in [0.25, 0.3) is 0 Å². The first kappa shape index (κ1) is 19.1. The Balaban J connectivity index is 1.51. The zero-order valence-electron chi connectivity index (χ0n) is 14.5. The van der Waals surface area contributed by atoms with Crippen LogP contribution in [0.1, 0.15) is 6.23 Å². The van der Waals surface area contributed by atoms with Gasteiger partial charge >= 0.3 is 17.1 Å². The molecule has 29 heavy (non-hydrogen) atoms. The van der Waals surface area contributed by atoms with Crippen LogP contribution < -0.4 is 16.0 Å². The Labute approximate surface area is 166 Å². The average molecular weight is 424 g/mol. The van der Waals surface area contributed by atoms with E-state index >= 15 is 4.39 Å². The standard InChI is InChI=1S/C17H13FN2O8S/c18-17(8-24-15(23)25-9-4-2-1-3-5-9)12-11(26-16(29)27-12)13(28-17)20-7-6-10(21)19-14(20)22/h1-7,11-13H,8H2,(H,19,21,22)/t11-,12+,13-,17-/m1/s1. The molecule has 2 saturated heterocycles. The van der Waals surface area contributed by atoms with Gasteiger partial charge in [-0.3, -0.25) is 14.3 Å².